The molecule has 9 nitrogen and oxygen atoms in total. The number of likely N-dealkylation sites (N-methyl/N-ethyl adjacent to an activating group) is 1. The molecule has 2 aliphatic heterocycles. The third-order valence-corrected chi connectivity index (χ3v) is 15.6. The van der Waals surface area contributed by atoms with Gasteiger partial charge in [-0.1, -0.05) is 62.8 Å². The van der Waals surface area contributed by atoms with Crippen LogP contribution in [0.5, 0.6) is 0 Å². The minimum Gasteiger partial charge on any atom is -0.360 e. The van der Waals surface area contributed by atoms with Gasteiger partial charge in [-0.15, -0.1) is 23.4 Å². The van der Waals surface area contributed by atoms with E-state index in [9.17, 15) is 34.8 Å². The first-order valence-electron chi connectivity index (χ1n) is 22.7. The molecule has 3 heterocycles. The summed E-state index contributed by atoms with van der Waals surface area (Å²) in [5.74, 6) is -1.76. The van der Waals surface area contributed by atoms with Crippen molar-refractivity contribution in [2.75, 3.05) is 68.9 Å². The van der Waals surface area contributed by atoms with Crippen LogP contribution in [0.15, 0.2) is 98.2 Å². The van der Waals surface area contributed by atoms with Gasteiger partial charge in [0.1, 0.15) is 5.82 Å². The highest BCUT2D eigenvalue weighted by molar-refractivity contribution is 8.00. The molecule has 0 saturated carbocycles. The topological polar surface area (TPSA) is 84.9 Å². The Morgan fingerprint density at radius 2 is 1.73 bits per heavy atom. The second kappa shape index (κ2) is 22.7. The highest BCUT2D eigenvalue weighted by atomic mass is 35.5. The van der Waals surface area contributed by atoms with E-state index in [1.807, 2.05) is 62.3 Å². The van der Waals surface area contributed by atoms with E-state index in [1.165, 1.54) is 40.6 Å². The molecule has 0 amide bonds. The summed E-state index contributed by atoms with van der Waals surface area (Å²) in [6, 6.07) is 12.8. The Morgan fingerprint density at radius 1 is 1.01 bits per heavy atom. The van der Waals surface area contributed by atoms with E-state index in [2.05, 4.69) is 57.4 Å². The molecule has 1 aromatic heterocycles. The van der Waals surface area contributed by atoms with Crippen LogP contribution in [-0.2, 0) is 29.2 Å². The van der Waals surface area contributed by atoms with E-state index >= 15 is 0 Å². The van der Waals surface area contributed by atoms with Crippen molar-refractivity contribution in [2.45, 2.75) is 117 Å². The first-order chi connectivity index (χ1) is 31.5. The Labute approximate surface area is 405 Å². The van der Waals surface area contributed by atoms with Crippen molar-refractivity contribution in [2.24, 2.45) is 5.41 Å². The molecule has 19 heteroatoms. The zero-order chi connectivity index (χ0) is 48.7. The Hall–Kier alpha value is -3.26. The summed E-state index contributed by atoms with van der Waals surface area (Å²) in [6.45, 7) is 12.5. The molecule has 1 saturated heterocycles. The van der Waals surface area contributed by atoms with Crippen LogP contribution in [-0.4, -0.2) is 109 Å². The first kappa shape index (κ1) is 53.1. The zero-order valence-electron chi connectivity index (χ0n) is 39.0. The molecule has 6 rings (SSSR count). The first-order valence-corrected chi connectivity index (χ1v) is 26.4. The van der Waals surface area contributed by atoms with Gasteiger partial charge in [-0.3, -0.25) is 14.5 Å². The average Bonchev–Trinajstić information content (AvgIpc) is 3.24. The fourth-order valence-electron chi connectivity index (χ4n) is 8.91. The summed E-state index contributed by atoms with van der Waals surface area (Å²) in [5, 5.41) is -0.0800. The fourth-order valence-corrected chi connectivity index (χ4v) is 11.8. The number of nitrogens with zero attached hydrogens (tertiary/aromatic N) is 6. The maximum atomic E-state index is 14.4. The van der Waals surface area contributed by atoms with Gasteiger partial charge in [0.15, 0.2) is 0 Å². The van der Waals surface area contributed by atoms with Gasteiger partial charge in [-0.05, 0) is 138 Å². The minimum absolute atomic E-state index is 0.0607. The van der Waals surface area contributed by atoms with Gasteiger partial charge in [-0.25, -0.2) is 18.4 Å². The largest absolute Gasteiger partial charge is 0.451 e. The average molecular weight is 1010 g/mol. The van der Waals surface area contributed by atoms with Crippen molar-refractivity contribution in [1.29, 1.82) is 0 Å². The molecule has 0 bridgehead atoms. The van der Waals surface area contributed by atoms with Gasteiger partial charge >= 0.3 is 11.7 Å². The number of benzene rings is 2. The number of hydrogen-bond acceptors (Lipinski definition) is 10. The standard InChI is InChI=1S/C48H62ClF6N7O2S3/c1-7-11-34(15-14-33(2)49)39-18-22-46(3,4)29-35(39)30-60-23-19-36(20-24-60)61-25-21-40-41(31-61)56-45(47(50,51)52)57-44(40)58-67(63,64)38-16-17-42(43(28-38)66-48(53,54)55)62(27-26-59(5)6)32-65-37-12-9-8-10-13-37/h8-17,28,33,36H,7,18-27,29-32H2,1-6H3,(H,56,57,58)/b15-14-,34-11+. The number of likely N-dealkylation sites (tertiary alicyclic amines) is 1. The third kappa shape index (κ3) is 15.1. The van der Waals surface area contributed by atoms with Gasteiger partial charge in [0, 0.05) is 59.5 Å². The molecule has 1 atom stereocenters. The molecule has 3 aliphatic rings. The van der Waals surface area contributed by atoms with Crippen LogP contribution < -0.4 is 9.62 Å². The fraction of sp³-hybridized carbons (Fsp3) is 0.542. The molecular weight excluding hydrogens is 952 g/mol. The summed E-state index contributed by atoms with van der Waals surface area (Å²) in [7, 11) is -1.07. The molecular formula is C48H62ClF6N7O2S3. The lowest BCUT2D eigenvalue weighted by Crippen LogP contribution is -2.47. The molecule has 1 unspecified atom stereocenters. The molecule has 3 aromatic rings. The highest BCUT2D eigenvalue weighted by Gasteiger charge is 2.39. The van der Waals surface area contributed by atoms with Crippen LogP contribution in [0.3, 0.4) is 0 Å². The Balaban J connectivity index is 1.21. The monoisotopic (exact) mass is 1010 g/mol. The Kier molecular flexibility index (Phi) is 18.0. The number of anilines is 2. The van der Waals surface area contributed by atoms with Crippen molar-refractivity contribution < 1.29 is 34.8 Å². The number of nitrogens with one attached hydrogen (secondary N) is 1. The van der Waals surface area contributed by atoms with Gasteiger partial charge in [-0.2, -0.15) is 26.3 Å². The van der Waals surface area contributed by atoms with E-state index < -0.39 is 50.0 Å². The van der Waals surface area contributed by atoms with Crippen LogP contribution in [0.1, 0.15) is 83.3 Å². The van der Waals surface area contributed by atoms with Gasteiger partial charge in [0.25, 0.3) is 10.0 Å². The lowest BCUT2D eigenvalue weighted by Gasteiger charge is -2.42. The number of aromatic nitrogens is 2. The van der Waals surface area contributed by atoms with E-state index in [4.69, 9.17) is 11.6 Å². The van der Waals surface area contributed by atoms with Crippen LogP contribution in [0.4, 0.5) is 37.8 Å². The van der Waals surface area contributed by atoms with E-state index in [1.54, 1.807) is 4.90 Å². The van der Waals surface area contributed by atoms with E-state index in [0.29, 0.717) is 19.6 Å². The number of fused-ring (bicyclic) bond motifs is 1. The summed E-state index contributed by atoms with van der Waals surface area (Å²) < 4.78 is 116. The van der Waals surface area contributed by atoms with E-state index in [-0.39, 0.29) is 57.5 Å². The molecule has 67 heavy (non-hydrogen) atoms. The molecule has 1 aliphatic carbocycles. The molecule has 0 spiro atoms. The lowest BCUT2D eigenvalue weighted by atomic mass is 9.72. The number of sulfonamides is 1. The molecule has 2 aromatic carbocycles. The second-order valence-corrected chi connectivity index (χ2v) is 23.0. The Morgan fingerprint density at radius 3 is 2.37 bits per heavy atom. The molecule has 1 fully saturated rings. The molecule has 368 valence electrons. The van der Waals surface area contributed by atoms with Crippen molar-refractivity contribution >= 4 is 56.7 Å². The van der Waals surface area contributed by atoms with Crippen LogP contribution >= 0.6 is 35.1 Å². The van der Waals surface area contributed by atoms with E-state index in [0.717, 1.165) is 69.1 Å². The quantitative estimate of drug-likeness (QED) is 0.0437. The van der Waals surface area contributed by atoms with Gasteiger partial charge < -0.3 is 9.80 Å². The number of halogens is 7. The normalized spacial score (nSPS) is 18.7. The number of hydrogen-bond donors (Lipinski definition) is 1. The summed E-state index contributed by atoms with van der Waals surface area (Å²) in [6.07, 6.45) is 7.21. The van der Waals surface area contributed by atoms with Gasteiger partial charge in [0.2, 0.25) is 5.82 Å². The summed E-state index contributed by atoms with van der Waals surface area (Å²) in [4.78, 5) is 15.8. The molecule has 1 N–H and O–H groups in total. The van der Waals surface area contributed by atoms with Crippen molar-refractivity contribution in [1.82, 2.24) is 24.7 Å². The number of rotatable bonds is 18. The van der Waals surface area contributed by atoms with Gasteiger partial charge in [0.05, 0.1) is 22.2 Å². The number of alkyl halides is 7. The SMILES string of the molecule is CC/C=C(\C=C/C(C)Cl)C1=C(CN2CCC(N3CCc4c(nc(C(F)(F)F)nc4NS(=O)(=O)c4ccc(N(CCN(C)C)CSc5ccccc5)c(SC(F)(F)F)c4)C3)CC2)CC(C)(C)CC1. The number of allylic oxidation sites excluding steroid dienone is 5. The third-order valence-electron chi connectivity index (χ3n) is 12.3. The predicted octanol–water partition coefficient (Wildman–Crippen LogP) is 11.9. The Bertz CT molecular complexity index is 2370. The summed E-state index contributed by atoms with van der Waals surface area (Å²) >= 11 is 7.27. The minimum atomic E-state index is -5.00. The second-order valence-electron chi connectivity index (χ2n) is 18.5. The van der Waals surface area contributed by atoms with Crippen LogP contribution in [0.25, 0.3) is 0 Å². The lowest BCUT2D eigenvalue weighted by molar-refractivity contribution is -0.145. The van der Waals surface area contributed by atoms with Crippen molar-refractivity contribution in [3.63, 3.8) is 0 Å². The van der Waals surface area contributed by atoms with Crippen molar-refractivity contribution in [3.8, 4) is 0 Å². The zero-order valence-corrected chi connectivity index (χ0v) is 42.2. The predicted molar refractivity (Wildman–Crippen MR) is 260 cm³/mol. The molecule has 0 radical (unpaired) electrons. The number of piperidine rings is 1. The highest BCUT2D eigenvalue weighted by Crippen LogP contribution is 2.45. The maximum Gasteiger partial charge on any atom is 0.451 e. The van der Waals surface area contributed by atoms with Crippen molar-refractivity contribution in [3.05, 3.63) is 101 Å². The van der Waals surface area contributed by atoms with Crippen LogP contribution in [0.2, 0.25) is 0 Å². The maximum absolute atomic E-state index is 14.4. The number of thioether (sulfide) groups is 2. The summed E-state index contributed by atoms with van der Waals surface area (Å²) in [5.41, 5.74) is -0.0657. The van der Waals surface area contributed by atoms with Crippen LogP contribution in [0, 0.1) is 5.41 Å². The smallest absolute Gasteiger partial charge is 0.360 e.